The van der Waals surface area contributed by atoms with Crippen LogP contribution in [0.15, 0.2) is 0 Å². The van der Waals surface area contributed by atoms with Gasteiger partial charge in [0.05, 0.1) is 13.2 Å². The number of rotatable bonds is 20. The normalized spacial score (nSPS) is 10.1. The van der Waals surface area contributed by atoms with Gasteiger partial charge in [0, 0.05) is 25.7 Å². The molecular weight excluding hydrogens is 416 g/mol. The molecule has 188 valence electrons. The molecule has 0 atom stereocenters. The molecule has 0 saturated carbocycles. The van der Waals surface area contributed by atoms with Gasteiger partial charge in [-0.05, 0) is 25.7 Å². The van der Waals surface area contributed by atoms with Gasteiger partial charge in [0.25, 0.3) is 0 Å². The number of carbonyl (C=O) groups excluding carboxylic acids is 2. The molecule has 0 aliphatic carbocycles. The number of esters is 2. The number of unbranched alkanes of at least 4 members (excludes halogenated alkanes) is 8. The zero-order chi connectivity index (χ0) is 24.5. The van der Waals surface area contributed by atoms with Crippen molar-refractivity contribution in [2.75, 3.05) is 13.2 Å². The van der Waals surface area contributed by atoms with E-state index >= 15 is 0 Å². The van der Waals surface area contributed by atoms with Gasteiger partial charge in [0.2, 0.25) is 0 Å². The minimum absolute atomic E-state index is 0.0333. The molecule has 0 spiro atoms. The molecule has 32 heavy (non-hydrogen) atoms. The van der Waals surface area contributed by atoms with Gasteiger partial charge < -0.3 is 19.7 Å². The van der Waals surface area contributed by atoms with Crippen molar-refractivity contribution in [3.8, 4) is 0 Å². The third-order valence-corrected chi connectivity index (χ3v) is 4.56. The maximum atomic E-state index is 11.1. The van der Waals surface area contributed by atoms with E-state index in [1.807, 2.05) is 0 Å². The van der Waals surface area contributed by atoms with Crippen LogP contribution in [0.1, 0.15) is 117 Å². The maximum absolute atomic E-state index is 11.1. The van der Waals surface area contributed by atoms with E-state index in [-0.39, 0.29) is 37.6 Å². The van der Waals surface area contributed by atoms with Gasteiger partial charge in [0.1, 0.15) is 0 Å². The Labute approximate surface area is 193 Å². The number of hydrogen-bond donors (Lipinski definition) is 2. The lowest BCUT2D eigenvalue weighted by Gasteiger charge is -2.03. The average molecular weight is 461 g/mol. The molecule has 8 heteroatoms. The number of ether oxygens (including phenoxy) is 2. The highest BCUT2D eigenvalue weighted by Gasteiger charge is 2.05. The zero-order valence-electron chi connectivity index (χ0n) is 20.1. The molecule has 0 aromatic carbocycles. The van der Waals surface area contributed by atoms with Crippen molar-refractivity contribution in [2.24, 2.45) is 0 Å². The first-order chi connectivity index (χ1) is 15.3. The van der Waals surface area contributed by atoms with E-state index in [0.29, 0.717) is 26.1 Å². The molecule has 0 aromatic rings. The van der Waals surface area contributed by atoms with Gasteiger partial charge in [-0.3, -0.25) is 19.2 Å². The van der Waals surface area contributed by atoms with E-state index in [1.165, 1.54) is 38.5 Å². The topological polar surface area (TPSA) is 127 Å². The zero-order valence-corrected chi connectivity index (χ0v) is 20.1. The summed E-state index contributed by atoms with van der Waals surface area (Å²) in [6.07, 6.45) is 12.5. The van der Waals surface area contributed by atoms with Crippen molar-refractivity contribution in [3.05, 3.63) is 0 Å². The molecule has 8 nitrogen and oxygen atoms in total. The van der Waals surface area contributed by atoms with Crippen LogP contribution in [-0.2, 0) is 28.7 Å². The van der Waals surface area contributed by atoms with Crippen LogP contribution in [0.2, 0.25) is 0 Å². The summed E-state index contributed by atoms with van der Waals surface area (Å²) in [7, 11) is 0. The van der Waals surface area contributed by atoms with Gasteiger partial charge in [0.15, 0.2) is 0 Å². The fraction of sp³-hybridized carbons (Fsp3) is 0.833. The fourth-order valence-corrected chi connectivity index (χ4v) is 2.70. The summed E-state index contributed by atoms with van der Waals surface area (Å²) in [5.41, 5.74) is 0. The number of aliphatic carboxylic acids is 2. The van der Waals surface area contributed by atoms with Gasteiger partial charge in [-0.1, -0.05) is 65.2 Å². The molecule has 0 amide bonds. The first kappa shape index (κ1) is 32.1. The molecule has 0 aromatic heterocycles. The van der Waals surface area contributed by atoms with Crippen LogP contribution in [-0.4, -0.2) is 47.3 Å². The van der Waals surface area contributed by atoms with Crippen LogP contribution in [0.4, 0.5) is 0 Å². The van der Waals surface area contributed by atoms with E-state index in [1.54, 1.807) is 0 Å². The van der Waals surface area contributed by atoms with E-state index in [2.05, 4.69) is 13.8 Å². The van der Waals surface area contributed by atoms with Gasteiger partial charge in [-0.25, -0.2) is 0 Å². The molecule has 0 rings (SSSR count). The summed E-state index contributed by atoms with van der Waals surface area (Å²) in [4.78, 5) is 42.6. The second kappa shape index (κ2) is 25.1. The predicted molar refractivity (Wildman–Crippen MR) is 122 cm³/mol. The minimum atomic E-state index is -0.868. The summed E-state index contributed by atoms with van der Waals surface area (Å²) in [6, 6.07) is 0. The number of carboxylic acid groups (broad SMARTS) is 2. The molecule has 0 radical (unpaired) electrons. The lowest BCUT2D eigenvalue weighted by Crippen LogP contribution is -2.06. The first-order valence-electron chi connectivity index (χ1n) is 12.1. The summed E-state index contributed by atoms with van der Waals surface area (Å²) >= 11 is 0. The second-order valence-corrected chi connectivity index (χ2v) is 7.76. The lowest BCUT2D eigenvalue weighted by atomic mass is 10.2. The fourth-order valence-electron chi connectivity index (χ4n) is 2.70. The molecule has 0 aliphatic heterocycles. The Morgan fingerprint density at radius 2 is 0.844 bits per heavy atom. The molecule has 0 saturated heterocycles. The highest BCUT2D eigenvalue weighted by molar-refractivity contribution is 5.72. The highest BCUT2D eigenvalue weighted by Crippen LogP contribution is 2.05. The van der Waals surface area contributed by atoms with E-state index in [9.17, 15) is 19.2 Å². The molecule has 0 heterocycles. The molecule has 0 fully saturated rings. The predicted octanol–water partition coefficient (Wildman–Crippen LogP) is 5.51. The van der Waals surface area contributed by atoms with E-state index < -0.39 is 11.9 Å². The Morgan fingerprint density at radius 1 is 0.500 bits per heavy atom. The first-order valence-corrected chi connectivity index (χ1v) is 12.1. The standard InChI is InChI=1S/2C12H22O4/c2*1-2-3-4-5-6-10-16-12(15)9-7-8-11(13)14/h2*2-10H2,1H3,(H,13,14). The van der Waals surface area contributed by atoms with Crippen LogP contribution in [0.3, 0.4) is 0 Å². The Kier molecular flexibility index (Phi) is 25.2. The highest BCUT2D eigenvalue weighted by atomic mass is 16.5. The minimum Gasteiger partial charge on any atom is -0.481 e. The van der Waals surface area contributed by atoms with Gasteiger partial charge in [-0.15, -0.1) is 0 Å². The SMILES string of the molecule is CCCCCCCOC(=O)CCCC(=O)O.CCCCCCCOC(=O)CCCC(=O)O. The van der Waals surface area contributed by atoms with Crippen LogP contribution >= 0.6 is 0 Å². The molecule has 0 aliphatic rings. The summed E-state index contributed by atoms with van der Waals surface area (Å²) < 4.78 is 9.94. The summed E-state index contributed by atoms with van der Waals surface area (Å²) in [6.45, 7) is 5.25. The third-order valence-electron chi connectivity index (χ3n) is 4.56. The molecule has 0 unspecified atom stereocenters. The summed E-state index contributed by atoms with van der Waals surface area (Å²) in [5, 5.41) is 16.7. The van der Waals surface area contributed by atoms with Crippen molar-refractivity contribution < 1.29 is 38.9 Å². The smallest absolute Gasteiger partial charge is 0.305 e. The Balaban J connectivity index is 0. The molecule has 0 bridgehead atoms. The van der Waals surface area contributed by atoms with Gasteiger partial charge in [-0.2, -0.15) is 0 Å². The molecule has 2 N–H and O–H groups in total. The van der Waals surface area contributed by atoms with Crippen molar-refractivity contribution in [1.82, 2.24) is 0 Å². The van der Waals surface area contributed by atoms with Crippen molar-refractivity contribution in [2.45, 2.75) is 117 Å². The monoisotopic (exact) mass is 460 g/mol. The maximum Gasteiger partial charge on any atom is 0.305 e. The summed E-state index contributed by atoms with van der Waals surface area (Å²) in [5.74, 6) is -2.30. The van der Waals surface area contributed by atoms with Crippen molar-refractivity contribution in [3.63, 3.8) is 0 Å². The Hall–Kier alpha value is -2.12. The Morgan fingerprint density at radius 3 is 1.16 bits per heavy atom. The van der Waals surface area contributed by atoms with Crippen molar-refractivity contribution >= 4 is 23.9 Å². The van der Waals surface area contributed by atoms with Crippen LogP contribution in [0, 0.1) is 0 Å². The van der Waals surface area contributed by atoms with Crippen LogP contribution in [0.25, 0.3) is 0 Å². The van der Waals surface area contributed by atoms with Crippen LogP contribution < -0.4 is 0 Å². The quantitative estimate of drug-likeness (QED) is 0.180. The van der Waals surface area contributed by atoms with Gasteiger partial charge >= 0.3 is 23.9 Å². The van der Waals surface area contributed by atoms with E-state index in [0.717, 1.165) is 25.7 Å². The van der Waals surface area contributed by atoms with E-state index in [4.69, 9.17) is 19.7 Å². The average Bonchev–Trinajstić information content (AvgIpc) is 2.73. The number of carboxylic acids is 2. The number of carbonyl (C=O) groups is 4. The third kappa shape index (κ3) is 30.1. The second-order valence-electron chi connectivity index (χ2n) is 7.76. The molecular formula is C24H44O8. The van der Waals surface area contributed by atoms with Crippen LogP contribution in [0.5, 0.6) is 0 Å². The Bertz CT molecular complexity index is 446. The largest absolute Gasteiger partial charge is 0.481 e. The lowest BCUT2D eigenvalue weighted by molar-refractivity contribution is -0.145. The number of hydrogen-bond acceptors (Lipinski definition) is 6. The van der Waals surface area contributed by atoms with Crippen molar-refractivity contribution in [1.29, 1.82) is 0 Å².